The molecule has 0 aromatic carbocycles. The molecule has 4 aliphatic rings. The third-order valence-electron chi connectivity index (χ3n) is 9.28. The highest BCUT2D eigenvalue weighted by Gasteiger charge is 2.53. The minimum absolute atomic E-state index is 0.0100. The minimum Gasteiger partial charge on any atom is -0.400 e. The summed E-state index contributed by atoms with van der Waals surface area (Å²) in [5, 5.41) is 46.1. The van der Waals surface area contributed by atoms with Crippen LogP contribution in [0.3, 0.4) is 0 Å². The lowest BCUT2D eigenvalue weighted by atomic mass is 9.83. The summed E-state index contributed by atoms with van der Waals surface area (Å²) in [7, 11) is 0. The van der Waals surface area contributed by atoms with Gasteiger partial charge in [-0.3, -0.25) is 9.79 Å². The van der Waals surface area contributed by atoms with Crippen molar-refractivity contribution in [2.75, 3.05) is 19.7 Å². The second kappa shape index (κ2) is 17.8. The molecule has 4 fully saturated rings. The molecule has 3 saturated heterocycles. The molecule has 1 aliphatic carbocycles. The summed E-state index contributed by atoms with van der Waals surface area (Å²) in [6, 6.07) is -3.06. The number of aliphatic imine (C=N–C) groups is 1. The van der Waals surface area contributed by atoms with Crippen LogP contribution >= 0.6 is 0 Å². The normalized spacial score (nSPS) is 41.9. The number of rotatable bonds is 14. The fraction of sp³-hybridized carbons (Fsp3) is 0.862. The quantitative estimate of drug-likeness (QED) is 0.0591. The van der Waals surface area contributed by atoms with Gasteiger partial charge < -0.3 is 94.3 Å². The highest BCUT2D eigenvalue weighted by atomic mass is 16.8. The van der Waals surface area contributed by atoms with Gasteiger partial charge in [0.1, 0.15) is 42.7 Å². The molecular formula is C29H55N9O11. The first kappa shape index (κ1) is 39.5. The van der Waals surface area contributed by atoms with Gasteiger partial charge in [0, 0.05) is 31.2 Å². The van der Waals surface area contributed by atoms with Crippen molar-refractivity contribution in [3.05, 3.63) is 12.3 Å². The molecule has 3 unspecified atom stereocenters. The number of amides is 1. The highest BCUT2D eigenvalue weighted by molar-refractivity contribution is 5.81. The lowest BCUT2D eigenvalue weighted by Gasteiger charge is -2.46. The third-order valence-corrected chi connectivity index (χ3v) is 9.28. The Morgan fingerprint density at radius 3 is 2.14 bits per heavy atom. The molecule has 16 atom stereocenters. The van der Waals surface area contributed by atoms with Gasteiger partial charge in [0.05, 0.1) is 36.9 Å². The first-order valence-electron chi connectivity index (χ1n) is 16.6. The molecule has 0 aromatic heterocycles. The van der Waals surface area contributed by atoms with Crippen LogP contribution in [0.5, 0.6) is 0 Å². The molecule has 20 heteroatoms. The monoisotopic (exact) mass is 705 g/mol. The van der Waals surface area contributed by atoms with Crippen molar-refractivity contribution >= 4 is 11.9 Å². The zero-order chi connectivity index (χ0) is 36.0. The minimum atomic E-state index is -1.53. The van der Waals surface area contributed by atoms with Crippen LogP contribution in [0, 0.1) is 0 Å². The predicted molar refractivity (Wildman–Crippen MR) is 172 cm³/mol. The molecule has 0 bridgehead atoms. The van der Waals surface area contributed by atoms with Gasteiger partial charge >= 0.3 is 0 Å². The SMILES string of the molecule is C=C(N)[C@H]1CC[C@@H](N)[C@@H](OC2[C@@H](O)C(OC3[C@@H](O)[C@H](NC(=O)[C@@H](O)CCN=C(N)N)C[C@H](N)[C@H]3O[C@H]3O[C@H](CN)CC[C@H]3N)O[C@@H]2CO)O1. The molecule has 1 amide bonds. The zero-order valence-electron chi connectivity index (χ0n) is 27.4. The maximum atomic E-state index is 12.9. The molecule has 1 saturated carbocycles. The van der Waals surface area contributed by atoms with Crippen LogP contribution < -0.4 is 45.5 Å². The van der Waals surface area contributed by atoms with Gasteiger partial charge in [-0.1, -0.05) is 6.58 Å². The van der Waals surface area contributed by atoms with E-state index in [0.717, 1.165) is 0 Å². The van der Waals surface area contributed by atoms with Crippen LogP contribution in [0.15, 0.2) is 17.3 Å². The smallest absolute Gasteiger partial charge is 0.249 e. The Kier molecular flexibility index (Phi) is 14.3. The standard InChI is InChI=1S/C29H55N9O11/c1-11(31)18-5-4-14(33)27(45-18)48-23-19(10-39)46-28(21(23)42)49-24-20(41)16(38-25(43)17(40)6-7-37-29(35)36)8-15(34)22(24)47-26-13(32)3-2-12(9-30)44-26/h12-24,26-28,39-42H,1-10,30-34H2,(H,38,43)(H4,35,36,37)/t12-,13+,14+,15-,16+,17-,18+,19+,20-,21+,22+,23?,24?,26+,27+,28?/m0/s1. The van der Waals surface area contributed by atoms with Crippen molar-refractivity contribution in [3.63, 3.8) is 0 Å². The van der Waals surface area contributed by atoms with Crippen molar-refractivity contribution in [1.82, 2.24) is 5.32 Å². The van der Waals surface area contributed by atoms with Crippen LogP contribution in [-0.4, -0.2) is 150 Å². The predicted octanol–water partition coefficient (Wildman–Crippen LogP) is -6.08. The summed E-state index contributed by atoms with van der Waals surface area (Å²) in [6.07, 6.45) is -11.5. The number of nitrogens with zero attached hydrogens (tertiary/aromatic N) is 1. The van der Waals surface area contributed by atoms with E-state index in [2.05, 4.69) is 16.9 Å². The number of ether oxygens (including phenoxy) is 6. The summed E-state index contributed by atoms with van der Waals surface area (Å²) in [6.45, 7) is 3.36. The second-order valence-electron chi connectivity index (χ2n) is 13.0. The second-order valence-corrected chi connectivity index (χ2v) is 13.0. The zero-order valence-corrected chi connectivity index (χ0v) is 27.4. The first-order chi connectivity index (χ1) is 23.2. The van der Waals surface area contributed by atoms with Crippen LogP contribution in [0.1, 0.15) is 38.5 Å². The van der Waals surface area contributed by atoms with Crippen LogP contribution in [0.25, 0.3) is 0 Å². The Morgan fingerprint density at radius 1 is 0.878 bits per heavy atom. The van der Waals surface area contributed by atoms with Gasteiger partial charge in [-0.2, -0.15) is 0 Å². The van der Waals surface area contributed by atoms with Crippen LogP contribution in [-0.2, 0) is 33.2 Å². The fourth-order valence-corrected chi connectivity index (χ4v) is 6.43. The summed E-state index contributed by atoms with van der Waals surface area (Å²) in [5.41, 5.74) is 41.7. The Bertz CT molecular complexity index is 1120. The van der Waals surface area contributed by atoms with E-state index in [1.807, 2.05) is 0 Å². The topological polar surface area (TPSA) is 360 Å². The van der Waals surface area contributed by atoms with Gasteiger partial charge in [-0.05, 0) is 32.1 Å². The molecule has 3 heterocycles. The lowest BCUT2D eigenvalue weighted by Crippen LogP contribution is -2.67. The van der Waals surface area contributed by atoms with Gasteiger partial charge in [-0.25, -0.2) is 0 Å². The number of hydrogen-bond acceptors (Lipinski definition) is 17. The van der Waals surface area contributed by atoms with Crippen LogP contribution in [0.2, 0.25) is 0 Å². The fourth-order valence-electron chi connectivity index (χ4n) is 6.43. The van der Waals surface area contributed by atoms with E-state index in [4.69, 9.17) is 68.6 Å². The van der Waals surface area contributed by atoms with Gasteiger partial charge in [0.15, 0.2) is 24.8 Å². The van der Waals surface area contributed by atoms with E-state index in [9.17, 15) is 25.2 Å². The largest absolute Gasteiger partial charge is 0.400 e. The number of aliphatic hydroxyl groups is 4. The van der Waals surface area contributed by atoms with Gasteiger partial charge in [0.2, 0.25) is 5.91 Å². The summed E-state index contributed by atoms with van der Waals surface area (Å²) < 4.78 is 36.1. The van der Waals surface area contributed by atoms with Crippen molar-refractivity contribution in [3.8, 4) is 0 Å². The molecule has 19 N–H and O–H groups in total. The van der Waals surface area contributed by atoms with Gasteiger partial charge in [-0.15, -0.1) is 0 Å². The molecule has 3 aliphatic heterocycles. The van der Waals surface area contributed by atoms with E-state index in [1.54, 1.807) is 0 Å². The Hall–Kier alpha value is -2.28. The molecular weight excluding hydrogens is 650 g/mol. The summed E-state index contributed by atoms with van der Waals surface area (Å²) in [5.74, 6) is -1.00. The van der Waals surface area contributed by atoms with Crippen molar-refractivity contribution in [1.29, 1.82) is 0 Å². The van der Waals surface area contributed by atoms with Crippen LogP contribution in [0.4, 0.5) is 0 Å². The molecule has 20 nitrogen and oxygen atoms in total. The number of carbonyl (C=O) groups is 1. The Labute approximate surface area is 284 Å². The molecule has 0 radical (unpaired) electrons. The number of carbonyl (C=O) groups excluding carboxylic acids is 1. The Balaban J connectivity index is 1.52. The molecule has 49 heavy (non-hydrogen) atoms. The molecule has 282 valence electrons. The highest BCUT2D eigenvalue weighted by Crippen LogP contribution is 2.34. The number of nitrogens with one attached hydrogen (secondary N) is 1. The summed E-state index contributed by atoms with van der Waals surface area (Å²) >= 11 is 0. The summed E-state index contributed by atoms with van der Waals surface area (Å²) in [4.78, 5) is 16.6. The van der Waals surface area contributed by atoms with Crippen molar-refractivity contribution in [2.45, 2.75) is 136 Å². The number of hydrogen-bond donors (Lipinski definition) is 12. The average Bonchev–Trinajstić information content (AvgIpc) is 3.35. The van der Waals surface area contributed by atoms with Crippen molar-refractivity contribution < 1.29 is 53.6 Å². The Morgan fingerprint density at radius 2 is 1.51 bits per heavy atom. The maximum absolute atomic E-state index is 12.9. The molecule has 4 rings (SSSR count). The maximum Gasteiger partial charge on any atom is 0.249 e. The van der Waals surface area contributed by atoms with E-state index in [1.165, 1.54) is 0 Å². The third kappa shape index (κ3) is 9.95. The van der Waals surface area contributed by atoms with Crippen molar-refractivity contribution in [2.24, 2.45) is 45.1 Å². The molecule has 0 spiro atoms. The first-order valence-corrected chi connectivity index (χ1v) is 16.6. The van der Waals surface area contributed by atoms with E-state index in [0.29, 0.717) is 31.4 Å². The number of nitrogens with two attached hydrogens (primary N) is 7. The van der Waals surface area contributed by atoms with E-state index in [-0.39, 0.29) is 38.0 Å². The molecule has 0 aromatic rings. The lowest BCUT2D eigenvalue weighted by molar-refractivity contribution is -0.288. The van der Waals surface area contributed by atoms with E-state index < -0.39 is 104 Å². The number of aliphatic hydroxyl groups excluding tert-OH is 4. The number of guanidine groups is 1. The van der Waals surface area contributed by atoms with E-state index >= 15 is 0 Å². The average molecular weight is 706 g/mol. The van der Waals surface area contributed by atoms with Gasteiger partial charge in [0.25, 0.3) is 0 Å².